The molecule has 0 saturated carbocycles. The molecule has 1 aliphatic rings. The molecule has 1 aliphatic heterocycles. The summed E-state index contributed by atoms with van der Waals surface area (Å²) in [5.41, 5.74) is -1.01. The third-order valence-corrected chi connectivity index (χ3v) is 4.59. The number of carbonyl (C=O) groups excluding carboxylic acids is 2. The van der Waals surface area contributed by atoms with Crippen molar-refractivity contribution < 1.29 is 29.0 Å². The number of benzene rings is 3. The van der Waals surface area contributed by atoms with Crippen molar-refractivity contribution in [2.45, 2.75) is 0 Å². The van der Waals surface area contributed by atoms with Gasteiger partial charge in [-0.3, -0.25) is 29.8 Å². The average molecular weight is 409 g/mol. The fourth-order valence-corrected chi connectivity index (χ4v) is 3.25. The summed E-state index contributed by atoms with van der Waals surface area (Å²) in [5, 5.41) is 23.5. The van der Waals surface area contributed by atoms with E-state index in [0.717, 1.165) is 12.1 Å². The Morgan fingerprint density at radius 1 is 0.867 bits per heavy atom. The number of hydroxylamine groups is 2. The quantitative estimate of drug-likeness (QED) is 0.355. The Bertz CT molecular complexity index is 1250. The Labute approximate surface area is 167 Å². The number of nitro groups is 2. The molecule has 0 atom stereocenters. The Morgan fingerprint density at radius 2 is 1.53 bits per heavy atom. The zero-order valence-electron chi connectivity index (χ0n) is 15.2. The van der Waals surface area contributed by atoms with E-state index in [0.29, 0.717) is 27.7 Å². The summed E-state index contributed by atoms with van der Waals surface area (Å²) in [5.74, 6) is -1.69. The lowest BCUT2D eigenvalue weighted by Gasteiger charge is -2.26. The highest BCUT2D eigenvalue weighted by atomic mass is 16.7. The third kappa shape index (κ3) is 2.76. The lowest BCUT2D eigenvalue weighted by molar-refractivity contribution is -0.395. The van der Waals surface area contributed by atoms with Gasteiger partial charge in [0.1, 0.15) is 5.75 Å². The van der Waals surface area contributed by atoms with Crippen LogP contribution in [0.4, 0.5) is 11.4 Å². The molecule has 0 unspecified atom stereocenters. The predicted molar refractivity (Wildman–Crippen MR) is 101 cm³/mol. The summed E-state index contributed by atoms with van der Waals surface area (Å²) in [6.07, 6.45) is 0. The summed E-state index contributed by atoms with van der Waals surface area (Å²) in [7, 11) is 1.46. The Morgan fingerprint density at radius 3 is 2.17 bits per heavy atom. The molecule has 0 aliphatic carbocycles. The minimum absolute atomic E-state index is 0.144. The van der Waals surface area contributed by atoms with Crippen molar-refractivity contribution in [2.24, 2.45) is 0 Å². The highest BCUT2D eigenvalue weighted by Gasteiger charge is 2.37. The van der Waals surface area contributed by atoms with Crippen molar-refractivity contribution in [3.8, 4) is 11.5 Å². The standard InChI is InChI=1S/C19H11N3O8/c1-29-15-8-6-13-17-11(15)3-2-4-12(17)18(23)20(19(13)24)30-16-7-5-10(21(25)26)9-14(16)22(27)28/h2-9H,1H3. The van der Waals surface area contributed by atoms with E-state index in [2.05, 4.69) is 0 Å². The summed E-state index contributed by atoms with van der Waals surface area (Å²) in [4.78, 5) is 51.7. The molecule has 0 spiro atoms. The maximum atomic E-state index is 12.9. The van der Waals surface area contributed by atoms with Crippen LogP contribution in [0.5, 0.6) is 11.5 Å². The van der Waals surface area contributed by atoms with Crippen LogP contribution < -0.4 is 9.57 Å². The van der Waals surface area contributed by atoms with Crippen LogP contribution in [0.3, 0.4) is 0 Å². The van der Waals surface area contributed by atoms with Gasteiger partial charge in [0.2, 0.25) is 5.75 Å². The van der Waals surface area contributed by atoms with Crippen LogP contribution in [0, 0.1) is 20.2 Å². The number of hydrogen-bond acceptors (Lipinski definition) is 8. The van der Waals surface area contributed by atoms with E-state index in [-0.39, 0.29) is 11.1 Å². The van der Waals surface area contributed by atoms with E-state index in [4.69, 9.17) is 9.57 Å². The van der Waals surface area contributed by atoms with E-state index >= 15 is 0 Å². The first-order valence-electron chi connectivity index (χ1n) is 8.42. The first kappa shape index (κ1) is 18.8. The van der Waals surface area contributed by atoms with E-state index < -0.39 is 38.8 Å². The van der Waals surface area contributed by atoms with E-state index in [1.807, 2.05) is 0 Å². The van der Waals surface area contributed by atoms with Crippen molar-refractivity contribution in [3.63, 3.8) is 0 Å². The molecule has 3 aromatic carbocycles. The predicted octanol–water partition coefficient (Wildman–Crippen LogP) is 3.25. The molecule has 11 heteroatoms. The largest absolute Gasteiger partial charge is 0.496 e. The normalized spacial score (nSPS) is 12.8. The average Bonchev–Trinajstić information content (AvgIpc) is 2.74. The van der Waals surface area contributed by atoms with Gasteiger partial charge in [0.15, 0.2) is 0 Å². The number of methoxy groups -OCH3 is 1. The fraction of sp³-hybridized carbons (Fsp3) is 0.0526. The first-order valence-corrected chi connectivity index (χ1v) is 8.42. The zero-order chi connectivity index (χ0) is 21.6. The summed E-state index contributed by atoms with van der Waals surface area (Å²) >= 11 is 0. The molecule has 0 aromatic heterocycles. The highest BCUT2D eigenvalue weighted by Crippen LogP contribution is 2.37. The number of nitrogens with zero attached hydrogens (tertiary/aromatic N) is 3. The maximum absolute atomic E-state index is 12.9. The van der Waals surface area contributed by atoms with Gasteiger partial charge in [-0.05, 0) is 24.3 Å². The molecule has 0 N–H and O–H groups in total. The third-order valence-electron chi connectivity index (χ3n) is 4.59. The molecule has 150 valence electrons. The Kier molecular flexibility index (Phi) is 4.27. The van der Waals surface area contributed by atoms with Gasteiger partial charge in [0, 0.05) is 16.8 Å². The van der Waals surface area contributed by atoms with Gasteiger partial charge in [0.25, 0.3) is 17.5 Å². The molecule has 2 amide bonds. The van der Waals surface area contributed by atoms with Crippen molar-refractivity contribution >= 4 is 34.0 Å². The van der Waals surface area contributed by atoms with Crippen LogP contribution in [-0.4, -0.2) is 33.8 Å². The smallest absolute Gasteiger partial charge is 0.321 e. The molecular weight excluding hydrogens is 398 g/mol. The van der Waals surface area contributed by atoms with Gasteiger partial charge < -0.3 is 9.57 Å². The summed E-state index contributed by atoms with van der Waals surface area (Å²) in [6.45, 7) is 0. The number of imide groups is 1. The minimum Gasteiger partial charge on any atom is -0.496 e. The number of nitro benzene ring substituents is 2. The van der Waals surface area contributed by atoms with Gasteiger partial charge in [0.05, 0.1) is 34.1 Å². The Hall–Kier alpha value is -4.54. The zero-order valence-corrected chi connectivity index (χ0v) is 15.2. The second-order valence-corrected chi connectivity index (χ2v) is 6.21. The molecular formula is C19H11N3O8. The number of non-ortho nitro benzene ring substituents is 1. The lowest BCUT2D eigenvalue weighted by atomic mass is 9.94. The van der Waals surface area contributed by atoms with Crippen LogP contribution in [0.1, 0.15) is 20.7 Å². The first-order chi connectivity index (χ1) is 14.3. The molecule has 11 nitrogen and oxygen atoms in total. The van der Waals surface area contributed by atoms with Gasteiger partial charge in [-0.2, -0.15) is 0 Å². The second kappa shape index (κ2) is 6.81. The SMILES string of the molecule is COc1ccc2c3c(cccc13)C(=O)N(Oc1ccc([N+](=O)[O-])cc1[N+](=O)[O-])C2=O. The van der Waals surface area contributed by atoms with Gasteiger partial charge in [-0.15, -0.1) is 0 Å². The molecule has 0 radical (unpaired) electrons. The topological polar surface area (TPSA) is 142 Å². The molecule has 0 bridgehead atoms. The lowest BCUT2D eigenvalue weighted by Crippen LogP contribution is -2.42. The maximum Gasteiger partial charge on any atom is 0.321 e. The number of ether oxygens (including phenoxy) is 1. The molecule has 3 aromatic rings. The number of hydrogen-bond donors (Lipinski definition) is 0. The molecule has 1 heterocycles. The molecule has 0 saturated heterocycles. The van der Waals surface area contributed by atoms with Gasteiger partial charge in [-0.25, -0.2) is 0 Å². The second-order valence-electron chi connectivity index (χ2n) is 6.21. The summed E-state index contributed by atoms with van der Waals surface area (Å²) < 4.78 is 5.27. The van der Waals surface area contributed by atoms with Crippen molar-refractivity contribution in [3.05, 3.63) is 79.9 Å². The van der Waals surface area contributed by atoms with E-state index in [1.165, 1.54) is 19.2 Å². The van der Waals surface area contributed by atoms with Crippen molar-refractivity contribution in [1.29, 1.82) is 0 Å². The Balaban J connectivity index is 1.81. The van der Waals surface area contributed by atoms with Crippen LogP contribution in [0.2, 0.25) is 0 Å². The van der Waals surface area contributed by atoms with Crippen LogP contribution >= 0.6 is 0 Å². The van der Waals surface area contributed by atoms with E-state index in [9.17, 15) is 29.8 Å². The van der Waals surface area contributed by atoms with Crippen molar-refractivity contribution in [2.75, 3.05) is 7.11 Å². The number of amides is 2. The van der Waals surface area contributed by atoms with Gasteiger partial charge >= 0.3 is 5.69 Å². The number of carbonyl (C=O) groups is 2. The monoisotopic (exact) mass is 409 g/mol. The minimum atomic E-state index is -0.902. The molecule has 30 heavy (non-hydrogen) atoms. The van der Waals surface area contributed by atoms with Crippen LogP contribution in [0.15, 0.2) is 48.5 Å². The van der Waals surface area contributed by atoms with Crippen LogP contribution in [0.25, 0.3) is 10.8 Å². The van der Waals surface area contributed by atoms with Crippen molar-refractivity contribution in [1.82, 2.24) is 5.06 Å². The highest BCUT2D eigenvalue weighted by molar-refractivity contribution is 6.25. The van der Waals surface area contributed by atoms with E-state index in [1.54, 1.807) is 18.2 Å². The summed E-state index contributed by atoms with van der Waals surface area (Å²) in [6, 6.07) is 10.4. The fourth-order valence-electron chi connectivity index (χ4n) is 3.25. The molecule has 0 fully saturated rings. The molecule has 4 rings (SSSR count). The van der Waals surface area contributed by atoms with Crippen LogP contribution in [-0.2, 0) is 0 Å². The number of rotatable bonds is 5. The van der Waals surface area contributed by atoms with Gasteiger partial charge in [-0.1, -0.05) is 17.2 Å².